The van der Waals surface area contributed by atoms with Crippen molar-refractivity contribution in [1.29, 1.82) is 0 Å². The van der Waals surface area contributed by atoms with Gasteiger partial charge in [-0.05, 0) is 66.0 Å². The summed E-state index contributed by atoms with van der Waals surface area (Å²) >= 11 is 1.73. The average molecular weight is 786 g/mol. The molecule has 2 amide bonds. The number of imidazole rings is 1. The van der Waals surface area contributed by atoms with Gasteiger partial charge in [-0.25, -0.2) is 4.98 Å². The molecule has 2 atom stereocenters. The predicted octanol–water partition coefficient (Wildman–Crippen LogP) is 6.28. The van der Waals surface area contributed by atoms with Crippen LogP contribution in [0, 0.1) is 0 Å². The van der Waals surface area contributed by atoms with E-state index in [9.17, 15) is 9.59 Å². The van der Waals surface area contributed by atoms with Gasteiger partial charge in [-0.2, -0.15) is 0 Å². The maximum absolute atomic E-state index is 13.9. The van der Waals surface area contributed by atoms with Gasteiger partial charge in [-0.3, -0.25) is 19.6 Å². The number of carbonyl (C=O) groups excluding carboxylic acids is 2. The summed E-state index contributed by atoms with van der Waals surface area (Å²) in [4.78, 5) is 48.9. The van der Waals surface area contributed by atoms with E-state index in [1.165, 1.54) is 10.4 Å². The maximum atomic E-state index is 13.9. The first kappa shape index (κ1) is 36.6. The molecule has 0 fully saturated rings. The molecule has 14 heteroatoms. The molecule has 5 aromatic rings. The van der Waals surface area contributed by atoms with Gasteiger partial charge in [-0.15, -0.1) is 11.3 Å². The molecule has 0 N–H and O–H groups in total. The quantitative estimate of drug-likeness (QED) is 0.162. The largest absolute Gasteiger partial charge is 0.493 e. The summed E-state index contributed by atoms with van der Waals surface area (Å²) in [6, 6.07) is 15.1. The monoisotopic (exact) mass is 785 g/mol. The number of rotatable bonds is 10. The molecule has 0 spiro atoms. The van der Waals surface area contributed by atoms with Gasteiger partial charge in [0.25, 0.3) is 11.8 Å². The van der Waals surface area contributed by atoms with Gasteiger partial charge in [-0.1, -0.05) is 12.1 Å². The molecule has 13 nitrogen and oxygen atoms in total. The van der Waals surface area contributed by atoms with Gasteiger partial charge in [0, 0.05) is 68.1 Å². The molecule has 0 bridgehead atoms. The number of nitrogens with zero attached hydrogens (tertiary/aromatic N) is 7. The summed E-state index contributed by atoms with van der Waals surface area (Å²) in [5.74, 6) is 1.70. The normalized spacial score (nSPS) is 17.9. The zero-order chi connectivity index (χ0) is 39.4. The van der Waals surface area contributed by atoms with E-state index in [2.05, 4.69) is 39.5 Å². The number of aromatic nitrogens is 2. The van der Waals surface area contributed by atoms with E-state index < -0.39 is 0 Å². The van der Waals surface area contributed by atoms with Crippen molar-refractivity contribution in [3.63, 3.8) is 0 Å². The third kappa shape index (κ3) is 6.93. The number of amides is 2. The molecule has 3 aromatic carbocycles. The highest BCUT2D eigenvalue weighted by Crippen LogP contribution is 2.41. The van der Waals surface area contributed by atoms with Crippen LogP contribution in [0.5, 0.6) is 23.0 Å². The Morgan fingerprint density at radius 2 is 1.33 bits per heavy atom. The second-order valence-electron chi connectivity index (χ2n) is 15.1. The first-order chi connectivity index (χ1) is 27.6. The van der Waals surface area contributed by atoms with Crippen molar-refractivity contribution < 1.29 is 28.5 Å². The second-order valence-corrected chi connectivity index (χ2v) is 16.1. The number of aliphatic imine (C=N–C) groups is 2. The van der Waals surface area contributed by atoms with E-state index >= 15 is 0 Å². The van der Waals surface area contributed by atoms with Crippen molar-refractivity contribution in [2.24, 2.45) is 17.0 Å². The number of methoxy groups -OCH3 is 2. The van der Waals surface area contributed by atoms with Crippen molar-refractivity contribution in [2.75, 3.05) is 28.3 Å². The maximum Gasteiger partial charge on any atom is 0.257 e. The van der Waals surface area contributed by atoms with Crippen LogP contribution in [0.4, 0.5) is 11.4 Å². The Kier molecular flexibility index (Phi) is 9.53. The van der Waals surface area contributed by atoms with Crippen molar-refractivity contribution in [3.05, 3.63) is 110 Å². The summed E-state index contributed by atoms with van der Waals surface area (Å²) in [6.07, 6.45) is 6.92. The predicted molar refractivity (Wildman–Crippen MR) is 217 cm³/mol. The molecule has 0 aliphatic carbocycles. The van der Waals surface area contributed by atoms with Gasteiger partial charge >= 0.3 is 0 Å². The number of carbonyl (C=O) groups is 2. The summed E-state index contributed by atoms with van der Waals surface area (Å²) < 4.78 is 26.4. The molecule has 0 saturated heterocycles. The Balaban J connectivity index is 0.945. The second kappa shape index (κ2) is 14.8. The molecule has 4 aliphatic heterocycles. The Hall–Kier alpha value is -5.99. The molecule has 6 heterocycles. The van der Waals surface area contributed by atoms with Crippen molar-refractivity contribution in [2.45, 2.75) is 57.8 Å². The Labute approximate surface area is 334 Å². The lowest BCUT2D eigenvalue weighted by atomic mass is 10.0. The van der Waals surface area contributed by atoms with Gasteiger partial charge in [0.15, 0.2) is 23.0 Å². The number of benzene rings is 3. The highest BCUT2D eigenvalue weighted by Gasteiger charge is 2.36. The van der Waals surface area contributed by atoms with Crippen molar-refractivity contribution in [1.82, 2.24) is 24.3 Å². The van der Waals surface area contributed by atoms with Crippen LogP contribution in [-0.4, -0.2) is 88.9 Å². The van der Waals surface area contributed by atoms with E-state index in [0.717, 1.165) is 34.5 Å². The molecule has 4 aliphatic rings. The van der Waals surface area contributed by atoms with Crippen LogP contribution < -0.4 is 18.9 Å². The highest BCUT2D eigenvalue weighted by atomic mass is 32.1. The van der Waals surface area contributed by atoms with Crippen LogP contribution in [0.15, 0.2) is 70.2 Å². The minimum Gasteiger partial charge on any atom is -0.493 e. The standard InChI is InChI=1S/C43H43N7O6S/c1-47(2)19-25-8-26(22-55-39-15-33-31(13-37(39)53-4)42(51)49-20-28-6-7-57-41(28)12-30(49)18-45-33)10-27(9-25)23-56-40-16-34-32(14-38(40)54-5)43(52)50-21-35-36(48(3)24-46-35)11-29(50)17-44-34/h6-10,13-18,24,29-30H,11-12,19-23H2,1-5H3/t29-,30-/m0/s1. The van der Waals surface area contributed by atoms with Crippen LogP contribution in [-0.2, 0) is 52.7 Å². The molecule has 9 rings (SSSR count). The van der Waals surface area contributed by atoms with E-state index in [1.54, 1.807) is 56.1 Å². The van der Waals surface area contributed by atoms with Gasteiger partial charge in [0.1, 0.15) is 13.2 Å². The molecular weight excluding hydrogens is 743 g/mol. The summed E-state index contributed by atoms with van der Waals surface area (Å²) in [5, 5.41) is 2.08. The SMILES string of the molecule is COc1cc2c(cc1OCc1cc(COc3cc4c(cc3OC)C(=O)N3Cc5ncn(C)c5C[C@H]3C=N4)cc(CN(C)C)c1)N=C[C@@H]1Cc3sccc3CN1C2=O. The summed E-state index contributed by atoms with van der Waals surface area (Å²) in [7, 11) is 9.17. The smallest absolute Gasteiger partial charge is 0.257 e. The van der Waals surface area contributed by atoms with Crippen LogP contribution in [0.3, 0.4) is 0 Å². The van der Waals surface area contributed by atoms with Crippen molar-refractivity contribution in [3.8, 4) is 23.0 Å². The van der Waals surface area contributed by atoms with E-state index in [1.807, 2.05) is 47.9 Å². The minimum atomic E-state index is -0.179. The fraction of sp³-hybridized carbons (Fsp3) is 0.326. The van der Waals surface area contributed by atoms with Crippen LogP contribution >= 0.6 is 11.3 Å². The first-order valence-electron chi connectivity index (χ1n) is 18.9. The molecule has 0 unspecified atom stereocenters. The average Bonchev–Trinajstić information content (AvgIpc) is 3.76. The Morgan fingerprint density at radius 3 is 1.93 bits per heavy atom. The molecule has 292 valence electrons. The first-order valence-corrected chi connectivity index (χ1v) is 19.7. The van der Waals surface area contributed by atoms with Crippen molar-refractivity contribution >= 4 is 47.0 Å². The molecule has 0 saturated carbocycles. The number of thiophene rings is 1. The lowest BCUT2D eigenvalue weighted by Crippen LogP contribution is -2.44. The molecule has 2 aromatic heterocycles. The fourth-order valence-electron chi connectivity index (χ4n) is 8.11. The fourth-order valence-corrected chi connectivity index (χ4v) is 9.06. The number of hydrogen-bond donors (Lipinski definition) is 0. The lowest BCUT2D eigenvalue weighted by molar-refractivity contribution is 0.0694. The van der Waals surface area contributed by atoms with Gasteiger partial charge in [0.2, 0.25) is 0 Å². The zero-order valence-corrected chi connectivity index (χ0v) is 33.3. The number of ether oxygens (including phenoxy) is 4. The lowest BCUT2D eigenvalue weighted by Gasteiger charge is -2.32. The minimum absolute atomic E-state index is 0.0703. The Bertz CT molecular complexity index is 2470. The third-order valence-corrected chi connectivity index (χ3v) is 11.9. The molecule has 0 radical (unpaired) electrons. The van der Waals surface area contributed by atoms with Crippen LogP contribution in [0.1, 0.15) is 59.2 Å². The number of fused-ring (bicyclic) bond motifs is 6. The molecular formula is C43H43N7O6S. The third-order valence-electron chi connectivity index (χ3n) is 11.0. The zero-order valence-electron chi connectivity index (χ0n) is 32.5. The van der Waals surface area contributed by atoms with Crippen LogP contribution in [0.25, 0.3) is 0 Å². The van der Waals surface area contributed by atoms with Crippen LogP contribution in [0.2, 0.25) is 0 Å². The van der Waals surface area contributed by atoms with E-state index in [-0.39, 0.29) is 37.1 Å². The van der Waals surface area contributed by atoms with E-state index in [4.69, 9.17) is 28.9 Å². The number of hydrogen-bond acceptors (Lipinski definition) is 11. The van der Waals surface area contributed by atoms with E-state index in [0.29, 0.717) is 71.6 Å². The summed E-state index contributed by atoms with van der Waals surface area (Å²) in [5.41, 5.74) is 8.21. The topological polar surface area (TPSA) is 123 Å². The summed E-state index contributed by atoms with van der Waals surface area (Å²) in [6.45, 7) is 2.17. The molecule has 57 heavy (non-hydrogen) atoms. The van der Waals surface area contributed by atoms with Gasteiger partial charge < -0.3 is 38.2 Å². The number of aryl methyl sites for hydroxylation is 1. The highest BCUT2D eigenvalue weighted by molar-refractivity contribution is 7.10. The Morgan fingerprint density at radius 1 is 0.754 bits per heavy atom. The van der Waals surface area contributed by atoms with Gasteiger partial charge in [0.05, 0.1) is 67.4 Å².